The van der Waals surface area contributed by atoms with Crippen LogP contribution in [0.25, 0.3) is 0 Å². The number of cyclic esters (lactones) is 1. The van der Waals surface area contributed by atoms with E-state index in [4.69, 9.17) is 27.9 Å². The molecule has 1 amide bonds. The van der Waals surface area contributed by atoms with Crippen molar-refractivity contribution >= 4 is 35.1 Å². The van der Waals surface area contributed by atoms with Crippen molar-refractivity contribution in [3.63, 3.8) is 0 Å². The predicted molar refractivity (Wildman–Crippen MR) is 67.7 cm³/mol. The fourth-order valence-electron chi connectivity index (χ4n) is 1.73. The number of esters is 1. The van der Waals surface area contributed by atoms with Gasteiger partial charge in [0.25, 0.3) is 0 Å². The number of halogens is 2. The molecule has 0 aromatic heterocycles. The molecule has 0 bridgehead atoms. The molecule has 6 heteroatoms. The van der Waals surface area contributed by atoms with Crippen molar-refractivity contribution in [1.82, 2.24) is 5.32 Å². The Morgan fingerprint density at radius 2 is 2.22 bits per heavy atom. The van der Waals surface area contributed by atoms with E-state index in [9.17, 15) is 9.59 Å². The minimum atomic E-state index is -0.546. The summed E-state index contributed by atoms with van der Waals surface area (Å²) in [6.07, 6.45) is 0.594. The molecule has 2 rings (SSSR count). The van der Waals surface area contributed by atoms with Gasteiger partial charge in [-0.3, -0.25) is 4.79 Å². The number of carbonyl (C=O) groups excluding carboxylic acids is 2. The van der Waals surface area contributed by atoms with Crippen LogP contribution in [0, 0.1) is 0 Å². The van der Waals surface area contributed by atoms with Crippen LogP contribution in [0.2, 0.25) is 10.0 Å². The molecular weight excluding hydrogens is 277 g/mol. The summed E-state index contributed by atoms with van der Waals surface area (Å²) in [5.74, 6) is -0.663. The Morgan fingerprint density at radius 1 is 1.44 bits per heavy atom. The van der Waals surface area contributed by atoms with Crippen molar-refractivity contribution < 1.29 is 14.3 Å². The third-order valence-corrected chi connectivity index (χ3v) is 3.51. The molecule has 1 N–H and O–H groups in total. The standard InChI is InChI=1S/C12H11Cl2NO3/c13-8-3-1-2-7(11(8)14)6-10(16)15-9-4-5-18-12(9)17/h1-3,9H,4-6H2,(H,15,16). The van der Waals surface area contributed by atoms with Gasteiger partial charge in [0.15, 0.2) is 0 Å². The van der Waals surface area contributed by atoms with E-state index in [1.54, 1.807) is 18.2 Å². The maximum atomic E-state index is 11.8. The number of carbonyl (C=O) groups is 2. The first-order chi connectivity index (χ1) is 8.58. The minimum absolute atomic E-state index is 0.0865. The molecule has 1 aromatic carbocycles. The third kappa shape index (κ3) is 2.94. The van der Waals surface area contributed by atoms with Crippen molar-refractivity contribution in [2.24, 2.45) is 0 Å². The normalized spacial score (nSPS) is 18.6. The molecule has 1 unspecified atom stereocenters. The Morgan fingerprint density at radius 3 is 2.89 bits per heavy atom. The second kappa shape index (κ2) is 5.59. The predicted octanol–water partition coefficient (Wildman–Crippen LogP) is 1.97. The summed E-state index contributed by atoms with van der Waals surface area (Å²) in [4.78, 5) is 23.0. The zero-order valence-corrected chi connectivity index (χ0v) is 10.9. The quantitative estimate of drug-likeness (QED) is 0.865. The molecule has 1 atom stereocenters. The average Bonchev–Trinajstić information content (AvgIpc) is 2.71. The summed E-state index contributed by atoms with van der Waals surface area (Å²) in [5.41, 5.74) is 0.632. The molecule has 1 aliphatic rings. The van der Waals surface area contributed by atoms with Gasteiger partial charge < -0.3 is 10.1 Å². The van der Waals surface area contributed by atoms with Crippen LogP contribution < -0.4 is 5.32 Å². The van der Waals surface area contributed by atoms with Crippen LogP contribution in [0.3, 0.4) is 0 Å². The van der Waals surface area contributed by atoms with Gasteiger partial charge in [-0.1, -0.05) is 35.3 Å². The SMILES string of the molecule is O=C(Cc1cccc(Cl)c1Cl)NC1CCOC1=O. The van der Waals surface area contributed by atoms with Crippen LogP contribution >= 0.6 is 23.2 Å². The van der Waals surface area contributed by atoms with Gasteiger partial charge in [0.05, 0.1) is 23.1 Å². The summed E-state index contributed by atoms with van der Waals surface area (Å²) < 4.78 is 4.76. The van der Waals surface area contributed by atoms with E-state index < -0.39 is 6.04 Å². The van der Waals surface area contributed by atoms with Gasteiger partial charge in [-0.15, -0.1) is 0 Å². The van der Waals surface area contributed by atoms with Crippen LogP contribution in [-0.2, 0) is 20.7 Å². The summed E-state index contributed by atoms with van der Waals surface area (Å²) >= 11 is 11.8. The summed E-state index contributed by atoms with van der Waals surface area (Å²) in [6, 6.07) is 4.55. The largest absolute Gasteiger partial charge is 0.464 e. The Bertz CT molecular complexity index is 490. The Balaban J connectivity index is 1.99. The Labute approximate surface area is 114 Å². The molecule has 0 aliphatic carbocycles. The zero-order chi connectivity index (χ0) is 13.1. The molecule has 1 aliphatic heterocycles. The number of hydrogen-bond acceptors (Lipinski definition) is 3. The molecule has 18 heavy (non-hydrogen) atoms. The highest BCUT2D eigenvalue weighted by molar-refractivity contribution is 6.42. The number of ether oxygens (including phenoxy) is 1. The summed E-state index contributed by atoms with van der Waals surface area (Å²) in [6.45, 7) is 0.349. The highest BCUT2D eigenvalue weighted by atomic mass is 35.5. The molecule has 96 valence electrons. The second-order valence-corrected chi connectivity index (χ2v) is 4.75. The van der Waals surface area contributed by atoms with E-state index in [1.165, 1.54) is 0 Å². The molecule has 1 heterocycles. The zero-order valence-electron chi connectivity index (χ0n) is 9.41. The topological polar surface area (TPSA) is 55.4 Å². The molecule has 1 aromatic rings. The minimum Gasteiger partial charge on any atom is -0.464 e. The number of hydrogen-bond donors (Lipinski definition) is 1. The van der Waals surface area contributed by atoms with Gasteiger partial charge in [-0.05, 0) is 11.6 Å². The second-order valence-electron chi connectivity index (χ2n) is 3.97. The van der Waals surface area contributed by atoms with Gasteiger partial charge in [0.2, 0.25) is 5.91 Å². The lowest BCUT2D eigenvalue weighted by Gasteiger charge is -2.10. The van der Waals surface area contributed by atoms with Crippen LogP contribution in [0.5, 0.6) is 0 Å². The van der Waals surface area contributed by atoms with E-state index >= 15 is 0 Å². The molecule has 1 saturated heterocycles. The van der Waals surface area contributed by atoms with Crippen molar-refractivity contribution in [2.75, 3.05) is 6.61 Å². The van der Waals surface area contributed by atoms with Gasteiger partial charge >= 0.3 is 5.97 Å². The fourth-order valence-corrected chi connectivity index (χ4v) is 2.12. The lowest BCUT2D eigenvalue weighted by atomic mass is 10.1. The molecule has 1 fully saturated rings. The average molecular weight is 288 g/mol. The van der Waals surface area contributed by atoms with Crippen LogP contribution in [-0.4, -0.2) is 24.5 Å². The smallest absolute Gasteiger partial charge is 0.328 e. The Hall–Kier alpha value is -1.26. The molecule has 0 saturated carbocycles. The molecular formula is C12H11Cl2NO3. The lowest BCUT2D eigenvalue weighted by Crippen LogP contribution is -2.38. The first kappa shape index (κ1) is 13.2. The van der Waals surface area contributed by atoms with Crippen molar-refractivity contribution in [3.05, 3.63) is 33.8 Å². The first-order valence-corrected chi connectivity index (χ1v) is 6.22. The number of amides is 1. The summed E-state index contributed by atoms with van der Waals surface area (Å²) in [5, 5.41) is 3.38. The number of nitrogens with one attached hydrogen (secondary N) is 1. The van der Waals surface area contributed by atoms with Crippen molar-refractivity contribution in [3.8, 4) is 0 Å². The van der Waals surface area contributed by atoms with Crippen LogP contribution in [0.4, 0.5) is 0 Å². The van der Waals surface area contributed by atoms with Gasteiger partial charge in [0, 0.05) is 6.42 Å². The monoisotopic (exact) mass is 287 g/mol. The van der Waals surface area contributed by atoms with Gasteiger partial charge in [0.1, 0.15) is 6.04 Å². The maximum absolute atomic E-state index is 11.8. The Kier molecular flexibility index (Phi) is 4.09. The molecule has 0 spiro atoms. The van der Waals surface area contributed by atoms with E-state index in [2.05, 4.69) is 5.32 Å². The third-order valence-electron chi connectivity index (χ3n) is 2.65. The number of rotatable bonds is 3. The van der Waals surface area contributed by atoms with Gasteiger partial charge in [-0.25, -0.2) is 4.79 Å². The highest BCUT2D eigenvalue weighted by Gasteiger charge is 2.27. The van der Waals surface area contributed by atoms with Gasteiger partial charge in [-0.2, -0.15) is 0 Å². The van der Waals surface area contributed by atoms with Crippen LogP contribution in [0.1, 0.15) is 12.0 Å². The first-order valence-electron chi connectivity index (χ1n) is 5.47. The van der Waals surface area contributed by atoms with E-state index in [0.717, 1.165) is 0 Å². The van der Waals surface area contributed by atoms with E-state index in [1.807, 2.05) is 0 Å². The van der Waals surface area contributed by atoms with Crippen molar-refractivity contribution in [2.45, 2.75) is 18.9 Å². The molecule has 0 radical (unpaired) electrons. The fraction of sp³-hybridized carbons (Fsp3) is 0.333. The lowest BCUT2D eigenvalue weighted by molar-refractivity contribution is -0.141. The van der Waals surface area contributed by atoms with Crippen molar-refractivity contribution in [1.29, 1.82) is 0 Å². The molecule has 4 nitrogen and oxygen atoms in total. The van der Waals surface area contributed by atoms with E-state index in [-0.39, 0.29) is 18.3 Å². The maximum Gasteiger partial charge on any atom is 0.328 e. The van der Waals surface area contributed by atoms with E-state index in [0.29, 0.717) is 28.6 Å². The summed E-state index contributed by atoms with van der Waals surface area (Å²) in [7, 11) is 0. The van der Waals surface area contributed by atoms with Crippen LogP contribution in [0.15, 0.2) is 18.2 Å². The number of benzene rings is 1. The highest BCUT2D eigenvalue weighted by Crippen LogP contribution is 2.25.